The first-order valence-electron chi connectivity index (χ1n) is 6.34. The molecular formula is C16H18ClPZr. The Hall–Kier alpha value is -0.217. The molecule has 0 radical (unpaired) electrons. The van der Waals surface area contributed by atoms with E-state index >= 15 is 0 Å². The molecule has 0 nitrogen and oxygen atoms in total. The summed E-state index contributed by atoms with van der Waals surface area (Å²) < 4.78 is -1.43. The monoisotopic (exact) mass is 366 g/mol. The van der Waals surface area contributed by atoms with Crippen LogP contribution in [0.3, 0.4) is 0 Å². The summed E-state index contributed by atoms with van der Waals surface area (Å²) in [6.07, 6.45) is 2.34. The standard InChI is InChI=1S/C16H17P.ClH.Zr/c1-17(2)16(15-11-7-4-8-12-15)13-14-9-5-3-6-10-14;;/h3-13H,1-2H3;1H;. The van der Waals surface area contributed by atoms with Crippen molar-refractivity contribution in [2.24, 2.45) is 0 Å². The van der Waals surface area contributed by atoms with Crippen molar-refractivity contribution in [3.8, 4) is 0 Å². The van der Waals surface area contributed by atoms with Crippen LogP contribution in [0.15, 0.2) is 60.7 Å². The zero-order valence-electron chi connectivity index (χ0n) is 11.2. The molecule has 0 heterocycles. The fourth-order valence-electron chi connectivity index (χ4n) is 2.01. The third-order valence-corrected chi connectivity index (χ3v) is 19.2. The maximum absolute atomic E-state index is 6.39. The van der Waals surface area contributed by atoms with Gasteiger partial charge in [-0.3, -0.25) is 0 Å². The Morgan fingerprint density at radius 2 is 1.47 bits per heavy atom. The molecule has 3 heteroatoms. The molecular weight excluding hydrogens is 350 g/mol. The summed E-state index contributed by atoms with van der Waals surface area (Å²) >= 11 is -0.804. The van der Waals surface area contributed by atoms with Crippen molar-refractivity contribution in [1.82, 2.24) is 0 Å². The first kappa shape index (κ1) is 15.2. The second-order valence-corrected chi connectivity index (χ2v) is 23.0. The van der Waals surface area contributed by atoms with Gasteiger partial charge in [0.2, 0.25) is 0 Å². The molecule has 0 saturated heterocycles. The van der Waals surface area contributed by atoms with Gasteiger partial charge in [-0.25, -0.2) is 0 Å². The Morgan fingerprint density at radius 1 is 0.947 bits per heavy atom. The van der Waals surface area contributed by atoms with Gasteiger partial charge in [-0.1, -0.05) is 0 Å². The minimum absolute atomic E-state index is 0.804. The Balaban J connectivity index is 2.50. The molecule has 0 aliphatic carbocycles. The molecule has 0 spiro atoms. The summed E-state index contributed by atoms with van der Waals surface area (Å²) in [7, 11) is 6.39. The van der Waals surface area contributed by atoms with Crippen LogP contribution in [0.5, 0.6) is 0 Å². The van der Waals surface area contributed by atoms with E-state index in [0.717, 1.165) is 0 Å². The van der Waals surface area contributed by atoms with Crippen LogP contribution >= 0.6 is 13.1 Å². The van der Waals surface area contributed by atoms with E-state index in [4.69, 9.17) is 8.51 Å². The zero-order valence-corrected chi connectivity index (χ0v) is 15.4. The van der Waals surface area contributed by atoms with Gasteiger partial charge in [0, 0.05) is 0 Å². The molecule has 98 valence electrons. The fraction of sp³-hybridized carbons (Fsp3) is 0.125. The van der Waals surface area contributed by atoms with E-state index in [1.807, 2.05) is 0 Å². The van der Waals surface area contributed by atoms with Crippen LogP contribution in [0, 0.1) is 0 Å². The van der Waals surface area contributed by atoms with Gasteiger partial charge in [-0.15, -0.1) is 0 Å². The predicted molar refractivity (Wildman–Crippen MR) is 86.8 cm³/mol. The molecule has 2 aromatic rings. The van der Waals surface area contributed by atoms with Crippen molar-refractivity contribution in [3.05, 3.63) is 71.8 Å². The molecule has 2 aromatic carbocycles. The van der Waals surface area contributed by atoms with E-state index in [1.165, 1.54) is 16.4 Å². The summed E-state index contributed by atoms with van der Waals surface area (Å²) in [5, 5.41) is 1.49. The van der Waals surface area contributed by atoms with E-state index in [1.54, 1.807) is 0 Å². The Morgan fingerprint density at radius 3 is 2.00 bits per heavy atom. The fourth-order valence-corrected chi connectivity index (χ4v) is 7.68. The SMILES string of the molecule is C[PH](C)([Zr][Cl])C(=Cc1ccccc1)c1ccccc1. The predicted octanol–water partition coefficient (Wildman–Crippen LogP) is 5.35. The van der Waals surface area contributed by atoms with Crippen LogP contribution in [-0.4, -0.2) is 13.3 Å². The van der Waals surface area contributed by atoms with Crippen molar-refractivity contribution in [2.45, 2.75) is 0 Å². The summed E-state index contributed by atoms with van der Waals surface area (Å²) in [4.78, 5) is 0. The molecule has 0 N–H and O–H groups in total. The molecule has 19 heavy (non-hydrogen) atoms. The van der Waals surface area contributed by atoms with Gasteiger partial charge in [-0.05, 0) is 0 Å². The molecule has 0 aliphatic heterocycles. The van der Waals surface area contributed by atoms with Crippen LogP contribution < -0.4 is 0 Å². The third-order valence-electron chi connectivity index (χ3n) is 3.10. The van der Waals surface area contributed by atoms with Crippen molar-refractivity contribution < 1.29 is 21.5 Å². The van der Waals surface area contributed by atoms with Crippen molar-refractivity contribution in [3.63, 3.8) is 0 Å². The van der Waals surface area contributed by atoms with Gasteiger partial charge in [0.1, 0.15) is 0 Å². The van der Waals surface area contributed by atoms with E-state index in [0.29, 0.717) is 0 Å². The summed E-state index contributed by atoms with van der Waals surface area (Å²) in [6.45, 7) is 4.79. The molecule has 0 fully saturated rings. The molecule has 0 bridgehead atoms. The van der Waals surface area contributed by atoms with Crippen LogP contribution in [0.25, 0.3) is 11.4 Å². The maximum atomic E-state index is 6.39. The number of halogens is 1. The van der Waals surface area contributed by atoms with Gasteiger partial charge in [0.05, 0.1) is 0 Å². The summed E-state index contributed by atoms with van der Waals surface area (Å²) in [5.41, 5.74) is 2.61. The molecule has 0 amide bonds. The first-order chi connectivity index (χ1) is 9.13. The van der Waals surface area contributed by atoms with Crippen molar-refractivity contribution >= 4 is 24.5 Å². The van der Waals surface area contributed by atoms with Gasteiger partial charge in [-0.2, -0.15) is 0 Å². The molecule has 0 aliphatic rings. The average Bonchev–Trinajstić information content (AvgIpc) is 2.46. The summed E-state index contributed by atoms with van der Waals surface area (Å²) in [5.74, 6) is 0. The Labute approximate surface area is 130 Å². The second-order valence-electron chi connectivity index (χ2n) is 5.05. The second kappa shape index (κ2) is 6.98. The molecule has 0 atom stereocenters. The number of rotatable bonds is 4. The molecule has 0 aromatic heterocycles. The Kier molecular flexibility index (Phi) is 5.58. The van der Waals surface area contributed by atoms with Crippen molar-refractivity contribution in [2.75, 3.05) is 13.3 Å². The summed E-state index contributed by atoms with van der Waals surface area (Å²) in [6, 6.07) is 21.2. The zero-order chi connectivity index (χ0) is 13.7. The first-order valence-corrected chi connectivity index (χ1v) is 16.2. The third kappa shape index (κ3) is 4.12. The van der Waals surface area contributed by atoms with Gasteiger partial charge in [0.25, 0.3) is 0 Å². The van der Waals surface area contributed by atoms with E-state index in [2.05, 4.69) is 80.1 Å². The van der Waals surface area contributed by atoms with Crippen LogP contribution in [0.1, 0.15) is 11.1 Å². The van der Waals surface area contributed by atoms with Gasteiger partial charge >= 0.3 is 131 Å². The van der Waals surface area contributed by atoms with Crippen LogP contribution in [0.4, 0.5) is 0 Å². The topological polar surface area (TPSA) is 0 Å². The quantitative estimate of drug-likeness (QED) is 0.505. The number of benzene rings is 2. The van der Waals surface area contributed by atoms with E-state index in [-0.39, 0.29) is 0 Å². The molecule has 0 saturated carbocycles. The normalized spacial score (nSPS) is 13.1. The van der Waals surface area contributed by atoms with E-state index < -0.39 is 26.0 Å². The van der Waals surface area contributed by atoms with E-state index in [9.17, 15) is 0 Å². The number of hydrogen-bond donors (Lipinski definition) is 0. The minimum atomic E-state index is -1.43. The van der Waals surface area contributed by atoms with Crippen LogP contribution in [0.2, 0.25) is 0 Å². The Bertz CT molecular complexity index is 549. The number of hydrogen-bond acceptors (Lipinski definition) is 0. The van der Waals surface area contributed by atoms with Gasteiger partial charge < -0.3 is 0 Å². The average molecular weight is 368 g/mol. The van der Waals surface area contributed by atoms with Crippen LogP contribution in [-0.2, 0) is 21.5 Å². The molecule has 0 unspecified atom stereocenters. The molecule has 2 rings (SSSR count). The van der Waals surface area contributed by atoms with Crippen molar-refractivity contribution in [1.29, 1.82) is 0 Å². The van der Waals surface area contributed by atoms with Gasteiger partial charge in [0.15, 0.2) is 0 Å².